The summed E-state index contributed by atoms with van der Waals surface area (Å²) < 4.78 is 0. The lowest BCUT2D eigenvalue weighted by Gasteiger charge is -2.37. The van der Waals surface area contributed by atoms with Crippen LogP contribution in [0, 0.1) is 5.92 Å². The Bertz CT molecular complexity index is 558. The Kier molecular flexibility index (Phi) is 3.68. The van der Waals surface area contributed by atoms with Gasteiger partial charge < -0.3 is 16.0 Å². The Balaban J connectivity index is 1.70. The molecule has 5 heteroatoms. The van der Waals surface area contributed by atoms with Crippen molar-refractivity contribution in [2.24, 2.45) is 5.92 Å². The van der Waals surface area contributed by atoms with Crippen molar-refractivity contribution in [1.29, 1.82) is 0 Å². The molecule has 1 saturated heterocycles. The fourth-order valence-corrected chi connectivity index (χ4v) is 4.75. The number of aromatic nitrogens is 2. The van der Waals surface area contributed by atoms with Crippen molar-refractivity contribution in [2.45, 2.75) is 56.9 Å². The highest BCUT2D eigenvalue weighted by atomic mass is 15.3. The van der Waals surface area contributed by atoms with E-state index in [0.29, 0.717) is 17.9 Å². The van der Waals surface area contributed by atoms with E-state index < -0.39 is 0 Å². The molecule has 0 amide bonds. The SMILES string of the molecule is CN[C@@H]1CCN(c2nc(N)nc3c2CC[C@@H]2CCCC[C@@H]32)C1. The Labute approximate surface area is 132 Å². The van der Waals surface area contributed by atoms with Gasteiger partial charge in [0.2, 0.25) is 5.95 Å². The maximum absolute atomic E-state index is 6.07. The zero-order valence-corrected chi connectivity index (χ0v) is 13.5. The van der Waals surface area contributed by atoms with E-state index in [0.717, 1.165) is 31.2 Å². The number of anilines is 2. The molecule has 4 rings (SSSR count). The number of nitrogens with two attached hydrogens (primary N) is 1. The number of nitrogens with one attached hydrogen (secondary N) is 1. The number of hydrogen-bond donors (Lipinski definition) is 2. The number of nitrogens with zero attached hydrogens (tertiary/aromatic N) is 3. The average molecular weight is 301 g/mol. The second-order valence-corrected chi connectivity index (χ2v) is 7.18. The maximum atomic E-state index is 6.07. The van der Waals surface area contributed by atoms with E-state index in [1.165, 1.54) is 49.8 Å². The molecule has 3 N–H and O–H groups in total. The zero-order chi connectivity index (χ0) is 15.1. The van der Waals surface area contributed by atoms with Crippen LogP contribution in [0.4, 0.5) is 11.8 Å². The molecule has 1 saturated carbocycles. The molecule has 0 spiro atoms. The van der Waals surface area contributed by atoms with E-state index in [1.807, 2.05) is 7.05 Å². The van der Waals surface area contributed by atoms with Crippen LogP contribution in [-0.2, 0) is 6.42 Å². The molecule has 2 fully saturated rings. The molecule has 1 aromatic rings. The Morgan fingerprint density at radius 1 is 1.14 bits per heavy atom. The van der Waals surface area contributed by atoms with Crippen molar-refractivity contribution < 1.29 is 0 Å². The smallest absolute Gasteiger partial charge is 0.222 e. The second kappa shape index (κ2) is 5.69. The average Bonchev–Trinajstić information content (AvgIpc) is 3.03. The first-order valence-corrected chi connectivity index (χ1v) is 8.84. The van der Waals surface area contributed by atoms with Gasteiger partial charge in [-0.2, -0.15) is 4.98 Å². The summed E-state index contributed by atoms with van der Waals surface area (Å²) in [6, 6.07) is 0.567. The number of fused-ring (bicyclic) bond motifs is 3. The van der Waals surface area contributed by atoms with E-state index in [4.69, 9.17) is 10.7 Å². The van der Waals surface area contributed by atoms with E-state index >= 15 is 0 Å². The lowest BCUT2D eigenvalue weighted by atomic mass is 9.70. The summed E-state index contributed by atoms with van der Waals surface area (Å²) in [5, 5.41) is 3.39. The fraction of sp³-hybridized carbons (Fsp3) is 0.765. The highest BCUT2D eigenvalue weighted by molar-refractivity contribution is 5.55. The molecule has 3 aliphatic rings. The van der Waals surface area contributed by atoms with E-state index in [9.17, 15) is 0 Å². The Morgan fingerprint density at radius 3 is 2.82 bits per heavy atom. The van der Waals surface area contributed by atoms with Gasteiger partial charge in [0.15, 0.2) is 0 Å². The molecule has 5 nitrogen and oxygen atoms in total. The quantitative estimate of drug-likeness (QED) is 0.875. The molecule has 0 aromatic carbocycles. The van der Waals surface area contributed by atoms with Gasteiger partial charge in [-0.25, -0.2) is 4.98 Å². The molecule has 0 radical (unpaired) electrons. The third-order valence-electron chi connectivity index (χ3n) is 5.96. The fourth-order valence-electron chi connectivity index (χ4n) is 4.75. The van der Waals surface area contributed by atoms with Gasteiger partial charge in [-0.3, -0.25) is 0 Å². The Hall–Kier alpha value is -1.36. The monoisotopic (exact) mass is 301 g/mol. The summed E-state index contributed by atoms with van der Waals surface area (Å²) in [4.78, 5) is 11.8. The van der Waals surface area contributed by atoms with E-state index in [2.05, 4.69) is 15.2 Å². The summed E-state index contributed by atoms with van der Waals surface area (Å²) in [6.07, 6.45) is 9.00. The first-order valence-electron chi connectivity index (χ1n) is 8.84. The molecule has 0 unspecified atom stereocenters. The number of nitrogen functional groups attached to an aromatic ring is 1. The highest BCUT2D eigenvalue weighted by Gasteiger charge is 2.36. The second-order valence-electron chi connectivity index (χ2n) is 7.18. The van der Waals surface area contributed by atoms with Crippen LogP contribution in [0.1, 0.15) is 55.7 Å². The summed E-state index contributed by atoms with van der Waals surface area (Å²) >= 11 is 0. The van der Waals surface area contributed by atoms with Gasteiger partial charge in [-0.1, -0.05) is 12.8 Å². The number of rotatable bonds is 2. The predicted octanol–water partition coefficient (Wildman–Crippen LogP) is 2.08. The summed E-state index contributed by atoms with van der Waals surface area (Å²) in [5.74, 6) is 3.05. The number of likely N-dealkylation sites (N-methyl/N-ethyl adjacent to an activating group) is 1. The third kappa shape index (κ3) is 2.35. The highest BCUT2D eigenvalue weighted by Crippen LogP contribution is 2.46. The summed E-state index contributed by atoms with van der Waals surface area (Å²) in [6.45, 7) is 2.11. The predicted molar refractivity (Wildman–Crippen MR) is 89.1 cm³/mol. The molecular weight excluding hydrogens is 274 g/mol. The van der Waals surface area contributed by atoms with Crippen molar-refractivity contribution in [3.8, 4) is 0 Å². The first kappa shape index (κ1) is 14.2. The maximum Gasteiger partial charge on any atom is 0.222 e. The van der Waals surface area contributed by atoms with Crippen molar-refractivity contribution in [3.63, 3.8) is 0 Å². The minimum absolute atomic E-state index is 0.466. The minimum Gasteiger partial charge on any atom is -0.368 e. The first-order chi connectivity index (χ1) is 10.8. The van der Waals surface area contributed by atoms with Crippen molar-refractivity contribution >= 4 is 11.8 Å². The normalized spacial score (nSPS) is 31.0. The van der Waals surface area contributed by atoms with Gasteiger partial charge in [0.1, 0.15) is 5.82 Å². The van der Waals surface area contributed by atoms with Crippen LogP contribution in [0.3, 0.4) is 0 Å². The molecule has 0 bridgehead atoms. The van der Waals surface area contributed by atoms with Gasteiger partial charge in [0.05, 0.1) is 5.69 Å². The largest absolute Gasteiger partial charge is 0.368 e. The summed E-state index contributed by atoms with van der Waals surface area (Å²) in [5.41, 5.74) is 8.76. The zero-order valence-electron chi connectivity index (χ0n) is 13.5. The van der Waals surface area contributed by atoms with Crippen LogP contribution in [0.25, 0.3) is 0 Å². The van der Waals surface area contributed by atoms with Crippen LogP contribution < -0.4 is 16.0 Å². The molecule has 2 aliphatic carbocycles. The molecule has 3 atom stereocenters. The van der Waals surface area contributed by atoms with Crippen LogP contribution in [0.15, 0.2) is 0 Å². The van der Waals surface area contributed by atoms with Crippen LogP contribution >= 0.6 is 0 Å². The Morgan fingerprint density at radius 2 is 2.00 bits per heavy atom. The van der Waals surface area contributed by atoms with Gasteiger partial charge in [-0.15, -0.1) is 0 Å². The van der Waals surface area contributed by atoms with Gasteiger partial charge >= 0.3 is 0 Å². The van der Waals surface area contributed by atoms with Gasteiger partial charge in [0, 0.05) is 30.6 Å². The van der Waals surface area contributed by atoms with Crippen molar-refractivity contribution in [2.75, 3.05) is 30.8 Å². The van der Waals surface area contributed by atoms with E-state index in [1.54, 1.807) is 0 Å². The lowest BCUT2D eigenvalue weighted by Crippen LogP contribution is -2.32. The van der Waals surface area contributed by atoms with Crippen LogP contribution in [-0.4, -0.2) is 36.1 Å². The molecule has 2 heterocycles. The molecule has 22 heavy (non-hydrogen) atoms. The number of hydrogen-bond acceptors (Lipinski definition) is 5. The topological polar surface area (TPSA) is 67.1 Å². The van der Waals surface area contributed by atoms with Crippen molar-refractivity contribution in [3.05, 3.63) is 11.3 Å². The molecule has 1 aliphatic heterocycles. The molecule has 120 valence electrons. The summed E-state index contributed by atoms with van der Waals surface area (Å²) in [7, 11) is 2.05. The van der Waals surface area contributed by atoms with Crippen molar-refractivity contribution in [1.82, 2.24) is 15.3 Å². The standard InChI is InChI=1S/C17H27N5/c1-19-12-8-9-22(10-12)16-14-7-6-11-4-2-3-5-13(11)15(14)20-17(18)21-16/h11-13,19H,2-10H2,1H3,(H2,18,20,21)/t11-,12+,13+/m0/s1. The van der Waals surface area contributed by atoms with E-state index in [-0.39, 0.29) is 0 Å². The van der Waals surface area contributed by atoms with Crippen LogP contribution in [0.2, 0.25) is 0 Å². The van der Waals surface area contributed by atoms with Crippen LogP contribution in [0.5, 0.6) is 0 Å². The molecule has 1 aromatic heterocycles. The minimum atomic E-state index is 0.466. The van der Waals surface area contributed by atoms with Gasteiger partial charge in [0.25, 0.3) is 0 Å². The third-order valence-corrected chi connectivity index (χ3v) is 5.96. The molecular formula is C17H27N5. The van der Waals surface area contributed by atoms with Gasteiger partial charge in [-0.05, 0) is 45.1 Å². The lowest BCUT2D eigenvalue weighted by molar-refractivity contribution is 0.270.